The molecule has 1 N–H and O–H groups in total. The van der Waals surface area contributed by atoms with E-state index in [4.69, 9.17) is 27.9 Å². The minimum atomic E-state index is -0.980. The second-order valence-electron chi connectivity index (χ2n) is 7.67. The van der Waals surface area contributed by atoms with Gasteiger partial charge in [-0.2, -0.15) is 0 Å². The van der Waals surface area contributed by atoms with Gasteiger partial charge in [-0.25, -0.2) is 4.98 Å². The zero-order valence-corrected chi connectivity index (χ0v) is 19.1. The summed E-state index contributed by atoms with van der Waals surface area (Å²) < 4.78 is 5.47. The van der Waals surface area contributed by atoms with Crippen molar-refractivity contribution in [2.45, 2.75) is 26.2 Å². The summed E-state index contributed by atoms with van der Waals surface area (Å²) in [5.41, 5.74) is 1.31. The van der Waals surface area contributed by atoms with Gasteiger partial charge in [-0.1, -0.05) is 30.1 Å². The Morgan fingerprint density at radius 2 is 2.17 bits per heavy atom. The number of carbonyl (C=O) groups is 2. The highest BCUT2D eigenvalue weighted by molar-refractivity contribution is 7.14. The highest BCUT2D eigenvalue weighted by atomic mass is 35.5. The van der Waals surface area contributed by atoms with Crippen molar-refractivity contribution in [1.29, 1.82) is 0 Å². The molecule has 1 aliphatic heterocycles. The van der Waals surface area contributed by atoms with Gasteiger partial charge in [0, 0.05) is 42.1 Å². The minimum absolute atomic E-state index is 0.203. The lowest BCUT2D eigenvalue weighted by molar-refractivity contribution is -0.141. The monoisotopic (exact) mass is 470 g/mol. The highest BCUT2D eigenvalue weighted by Crippen LogP contribution is 2.35. The third-order valence-electron chi connectivity index (χ3n) is 5.49. The number of aromatic nitrogens is 1. The van der Waals surface area contributed by atoms with E-state index in [-0.39, 0.29) is 18.2 Å². The van der Waals surface area contributed by atoms with Gasteiger partial charge in [-0.15, -0.1) is 11.3 Å². The molecule has 1 fully saturated rings. The van der Waals surface area contributed by atoms with E-state index in [1.54, 1.807) is 25.2 Å². The lowest BCUT2D eigenvalue weighted by Gasteiger charge is -2.32. The van der Waals surface area contributed by atoms with Crippen LogP contribution >= 0.6 is 34.5 Å². The first-order chi connectivity index (χ1) is 14.3. The van der Waals surface area contributed by atoms with Crippen LogP contribution in [0.1, 0.15) is 26.2 Å². The molecule has 9 heteroatoms. The van der Waals surface area contributed by atoms with Gasteiger partial charge in [0.25, 0.3) is 0 Å². The first-order valence-corrected chi connectivity index (χ1v) is 11.4. The minimum Gasteiger partial charge on any atom is -0.481 e. The number of benzene rings is 1. The zero-order valence-electron chi connectivity index (χ0n) is 16.8. The smallest absolute Gasteiger partial charge is 0.304 e. The van der Waals surface area contributed by atoms with Crippen LogP contribution in [-0.2, 0) is 14.3 Å². The predicted octanol–water partition coefficient (Wildman–Crippen LogP) is 5.23. The molecule has 3 atom stereocenters. The molecule has 0 spiro atoms. The first-order valence-electron chi connectivity index (χ1n) is 9.74. The van der Waals surface area contributed by atoms with E-state index in [1.807, 2.05) is 5.38 Å². The van der Waals surface area contributed by atoms with Crippen molar-refractivity contribution in [1.82, 2.24) is 4.98 Å². The summed E-state index contributed by atoms with van der Waals surface area (Å²) in [7, 11) is 1.63. The zero-order chi connectivity index (χ0) is 21.8. The number of amides is 1. The number of ether oxygens (including phenoxy) is 1. The third-order valence-corrected chi connectivity index (χ3v) is 6.97. The lowest BCUT2D eigenvalue weighted by atomic mass is 9.81. The molecule has 6 nitrogen and oxygen atoms in total. The Morgan fingerprint density at radius 1 is 1.40 bits per heavy atom. The second kappa shape index (κ2) is 10.1. The van der Waals surface area contributed by atoms with Gasteiger partial charge in [0.15, 0.2) is 5.13 Å². The van der Waals surface area contributed by atoms with Crippen LogP contribution in [0.4, 0.5) is 5.13 Å². The number of carbonyl (C=O) groups excluding carboxylic acids is 1. The van der Waals surface area contributed by atoms with Crippen molar-refractivity contribution >= 4 is 51.5 Å². The number of hydrogen-bond donors (Lipinski definition) is 1. The molecule has 2 heterocycles. The van der Waals surface area contributed by atoms with Crippen LogP contribution in [-0.4, -0.2) is 42.2 Å². The van der Waals surface area contributed by atoms with E-state index < -0.39 is 11.9 Å². The Bertz CT molecular complexity index is 920. The average molecular weight is 471 g/mol. The van der Waals surface area contributed by atoms with Crippen LogP contribution in [0.2, 0.25) is 10.0 Å². The van der Waals surface area contributed by atoms with Crippen LogP contribution in [0.3, 0.4) is 0 Å². The van der Waals surface area contributed by atoms with Gasteiger partial charge >= 0.3 is 5.97 Å². The number of hydrogen-bond acceptors (Lipinski definition) is 5. The molecule has 162 valence electrons. The molecule has 30 heavy (non-hydrogen) atoms. The number of rotatable bonds is 7. The molecule has 2 aromatic rings. The Labute approximate surface area is 189 Å². The molecule has 3 rings (SSSR count). The Balaban J connectivity index is 1.78. The summed E-state index contributed by atoms with van der Waals surface area (Å²) >= 11 is 13.6. The van der Waals surface area contributed by atoms with E-state index in [0.717, 1.165) is 6.42 Å². The Morgan fingerprint density at radius 3 is 2.87 bits per heavy atom. The third kappa shape index (κ3) is 5.52. The largest absolute Gasteiger partial charge is 0.481 e. The van der Waals surface area contributed by atoms with Crippen molar-refractivity contribution in [3.63, 3.8) is 0 Å². The normalized spacial score (nSPS) is 20.0. The number of aliphatic carboxylic acids is 1. The molecular formula is C21H24Cl2N2O4S. The molecule has 0 radical (unpaired) electrons. The highest BCUT2D eigenvalue weighted by Gasteiger charge is 2.32. The van der Waals surface area contributed by atoms with E-state index >= 15 is 0 Å². The molecule has 1 aromatic carbocycles. The molecule has 1 aliphatic rings. The molecule has 0 bridgehead atoms. The number of halogens is 2. The summed E-state index contributed by atoms with van der Waals surface area (Å²) in [6.45, 7) is 3.37. The van der Waals surface area contributed by atoms with E-state index in [2.05, 4.69) is 11.9 Å². The number of carboxylic acids is 1. The van der Waals surface area contributed by atoms with Crippen LogP contribution < -0.4 is 4.90 Å². The summed E-state index contributed by atoms with van der Waals surface area (Å²) in [6.07, 6.45) is 1.16. The fourth-order valence-electron chi connectivity index (χ4n) is 3.73. The summed E-state index contributed by atoms with van der Waals surface area (Å²) in [6, 6.07) is 5.12. The van der Waals surface area contributed by atoms with Crippen molar-refractivity contribution in [3.8, 4) is 11.3 Å². The fourth-order valence-corrected chi connectivity index (χ4v) is 4.91. The van der Waals surface area contributed by atoms with Gasteiger partial charge in [-0.3, -0.25) is 14.5 Å². The maximum atomic E-state index is 13.2. The lowest BCUT2D eigenvalue weighted by Crippen LogP contribution is -2.37. The average Bonchev–Trinajstić information content (AvgIpc) is 3.19. The maximum Gasteiger partial charge on any atom is 0.304 e. The van der Waals surface area contributed by atoms with Gasteiger partial charge in [0.2, 0.25) is 5.91 Å². The molecule has 0 aliphatic carbocycles. The Hall–Kier alpha value is -1.67. The van der Waals surface area contributed by atoms with E-state index in [9.17, 15) is 14.7 Å². The summed E-state index contributed by atoms with van der Waals surface area (Å²) in [5.74, 6) is -1.27. The van der Waals surface area contributed by atoms with E-state index in [1.165, 1.54) is 16.2 Å². The molecule has 1 saturated heterocycles. The van der Waals surface area contributed by atoms with E-state index in [0.29, 0.717) is 52.0 Å². The molecule has 1 aromatic heterocycles. The van der Waals surface area contributed by atoms with Crippen molar-refractivity contribution < 1.29 is 19.4 Å². The number of carboxylic acid groups (broad SMARTS) is 1. The molecular weight excluding hydrogens is 447 g/mol. The summed E-state index contributed by atoms with van der Waals surface area (Å²) in [4.78, 5) is 30.6. The predicted molar refractivity (Wildman–Crippen MR) is 119 cm³/mol. The second-order valence-corrected chi connectivity index (χ2v) is 9.35. The van der Waals surface area contributed by atoms with Crippen LogP contribution in [0.5, 0.6) is 0 Å². The standard InChI is InChI=1S/C21H24Cl2N2O4S/c1-12-10-29-6-5-13(12)7-14(8-19(26)27)20(28)25(2)21-24-18(11-30-21)16-9-15(22)3-4-17(16)23/h3-4,9,11-14H,5-8,10H2,1-2H3,(H,26,27)/t12-,13?,14-/m1/s1. The number of nitrogens with zero attached hydrogens (tertiary/aromatic N) is 2. The van der Waals surface area contributed by atoms with Crippen molar-refractivity contribution in [2.75, 3.05) is 25.2 Å². The van der Waals surface area contributed by atoms with Crippen LogP contribution in [0.25, 0.3) is 11.3 Å². The Kier molecular flexibility index (Phi) is 7.74. The number of anilines is 1. The quantitative estimate of drug-likeness (QED) is 0.598. The SMILES string of the molecule is C[C@@H]1COCCC1C[C@H](CC(=O)O)C(=O)N(C)c1nc(-c2cc(Cl)ccc2Cl)cs1. The number of thiazole rings is 1. The van der Waals surface area contributed by atoms with Crippen molar-refractivity contribution in [3.05, 3.63) is 33.6 Å². The van der Waals surface area contributed by atoms with Gasteiger partial charge in [-0.05, 0) is 42.9 Å². The maximum absolute atomic E-state index is 13.2. The van der Waals surface area contributed by atoms with Crippen LogP contribution in [0, 0.1) is 17.8 Å². The molecule has 1 unspecified atom stereocenters. The molecule has 1 amide bonds. The van der Waals surface area contributed by atoms with Gasteiger partial charge in [0.05, 0.1) is 17.1 Å². The fraction of sp³-hybridized carbons (Fsp3) is 0.476. The topological polar surface area (TPSA) is 79.7 Å². The van der Waals surface area contributed by atoms with Crippen molar-refractivity contribution in [2.24, 2.45) is 17.8 Å². The summed E-state index contributed by atoms with van der Waals surface area (Å²) in [5, 5.41) is 12.7. The van der Waals surface area contributed by atoms with Gasteiger partial charge in [0.1, 0.15) is 0 Å². The molecule has 0 saturated carbocycles. The van der Waals surface area contributed by atoms with Gasteiger partial charge < -0.3 is 9.84 Å². The van der Waals surface area contributed by atoms with Crippen LogP contribution in [0.15, 0.2) is 23.6 Å². The first kappa shape index (κ1) is 23.0.